The summed E-state index contributed by atoms with van der Waals surface area (Å²) >= 11 is 7.46. The molecule has 0 N–H and O–H groups in total. The number of halogens is 2. The third-order valence-corrected chi connectivity index (χ3v) is 3.69. The monoisotopic (exact) mass is 281 g/mol. The summed E-state index contributed by atoms with van der Waals surface area (Å²) in [5.41, 5.74) is 1.50. The maximum Gasteiger partial charge on any atom is 0.125 e. The fraction of sp³-hybridized carbons (Fsp3) is 0.167. The molecule has 3 rings (SSSR count). The van der Waals surface area contributed by atoms with Crippen molar-refractivity contribution in [3.05, 3.63) is 46.4 Å². The molecule has 2 aromatic heterocycles. The highest BCUT2D eigenvalue weighted by Gasteiger charge is 2.11. The number of nitrogens with zero attached hydrogens (tertiary/aromatic N) is 3. The van der Waals surface area contributed by atoms with E-state index in [1.807, 2.05) is 9.95 Å². The van der Waals surface area contributed by atoms with E-state index in [0.29, 0.717) is 17.9 Å². The molecule has 3 aromatic rings. The molecule has 0 bridgehead atoms. The highest BCUT2D eigenvalue weighted by Crippen LogP contribution is 2.20. The molecule has 1 aromatic carbocycles. The fourth-order valence-electron chi connectivity index (χ4n) is 1.90. The molecule has 92 valence electrons. The standard InChI is InChI=1S/C12H9ClFN3S/c13-6-11-16-9-5-8(14)1-2-10(9)17(11)7-12-15-3-4-18-12/h1-5H,6-7H2. The molecule has 0 aliphatic carbocycles. The molecule has 0 fully saturated rings. The van der Waals surface area contributed by atoms with Crippen LogP contribution in [0.4, 0.5) is 4.39 Å². The predicted octanol–water partition coefficient (Wildman–Crippen LogP) is 3.42. The smallest absolute Gasteiger partial charge is 0.125 e. The minimum atomic E-state index is -0.289. The number of imidazole rings is 1. The Balaban J connectivity index is 2.13. The summed E-state index contributed by atoms with van der Waals surface area (Å²) in [7, 11) is 0. The summed E-state index contributed by atoms with van der Waals surface area (Å²) in [4.78, 5) is 8.58. The van der Waals surface area contributed by atoms with Gasteiger partial charge in [-0.2, -0.15) is 0 Å². The van der Waals surface area contributed by atoms with E-state index in [9.17, 15) is 4.39 Å². The van der Waals surface area contributed by atoms with Crippen LogP contribution in [0.25, 0.3) is 11.0 Å². The lowest BCUT2D eigenvalue weighted by Crippen LogP contribution is -2.03. The summed E-state index contributed by atoms with van der Waals surface area (Å²) in [6, 6.07) is 4.57. The Morgan fingerprint density at radius 3 is 3.00 bits per heavy atom. The van der Waals surface area contributed by atoms with Crippen LogP contribution in [0.1, 0.15) is 10.8 Å². The highest BCUT2D eigenvalue weighted by molar-refractivity contribution is 7.09. The maximum absolute atomic E-state index is 13.2. The third kappa shape index (κ3) is 2.00. The second kappa shape index (κ2) is 4.66. The molecule has 3 nitrogen and oxygen atoms in total. The Morgan fingerprint density at radius 1 is 1.39 bits per heavy atom. The Kier molecular flexibility index (Phi) is 3.01. The van der Waals surface area contributed by atoms with E-state index in [1.165, 1.54) is 12.1 Å². The minimum absolute atomic E-state index is 0.289. The zero-order valence-electron chi connectivity index (χ0n) is 9.31. The zero-order valence-corrected chi connectivity index (χ0v) is 10.9. The second-order valence-electron chi connectivity index (χ2n) is 3.81. The van der Waals surface area contributed by atoms with Gasteiger partial charge in [0.2, 0.25) is 0 Å². The Hall–Kier alpha value is -1.46. The molecule has 0 saturated heterocycles. The summed E-state index contributed by atoms with van der Waals surface area (Å²) < 4.78 is 15.1. The molecule has 0 saturated carbocycles. The van der Waals surface area contributed by atoms with Crippen molar-refractivity contribution in [2.75, 3.05) is 0 Å². The topological polar surface area (TPSA) is 30.7 Å². The quantitative estimate of drug-likeness (QED) is 0.689. The number of fused-ring (bicyclic) bond motifs is 1. The van der Waals surface area contributed by atoms with Crippen LogP contribution < -0.4 is 0 Å². The van der Waals surface area contributed by atoms with Gasteiger partial charge in [0.05, 0.1) is 23.5 Å². The van der Waals surface area contributed by atoms with E-state index in [4.69, 9.17) is 11.6 Å². The Morgan fingerprint density at radius 2 is 2.28 bits per heavy atom. The van der Waals surface area contributed by atoms with Gasteiger partial charge in [-0.25, -0.2) is 14.4 Å². The highest BCUT2D eigenvalue weighted by atomic mass is 35.5. The van der Waals surface area contributed by atoms with Gasteiger partial charge in [0.25, 0.3) is 0 Å². The van der Waals surface area contributed by atoms with Crippen molar-refractivity contribution in [3.8, 4) is 0 Å². The number of rotatable bonds is 3. The number of aromatic nitrogens is 3. The van der Waals surface area contributed by atoms with E-state index in [1.54, 1.807) is 23.6 Å². The average molecular weight is 282 g/mol. The van der Waals surface area contributed by atoms with E-state index in [0.717, 1.165) is 16.3 Å². The molecule has 6 heteroatoms. The first-order chi connectivity index (χ1) is 8.78. The molecule has 0 aliphatic rings. The summed E-state index contributed by atoms with van der Waals surface area (Å²) in [6.07, 6.45) is 1.76. The van der Waals surface area contributed by atoms with Crippen LogP contribution in [0.15, 0.2) is 29.8 Å². The lowest BCUT2D eigenvalue weighted by molar-refractivity contribution is 0.629. The number of alkyl halides is 1. The van der Waals surface area contributed by atoms with E-state index < -0.39 is 0 Å². The molecule has 0 aliphatic heterocycles. The summed E-state index contributed by atoms with van der Waals surface area (Å²) in [5.74, 6) is 0.733. The zero-order chi connectivity index (χ0) is 12.5. The van der Waals surface area contributed by atoms with Crippen LogP contribution >= 0.6 is 22.9 Å². The molecule has 2 heterocycles. The minimum Gasteiger partial charge on any atom is -0.320 e. The van der Waals surface area contributed by atoms with Crippen molar-refractivity contribution in [3.63, 3.8) is 0 Å². The first-order valence-corrected chi connectivity index (χ1v) is 6.78. The maximum atomic E-state index is 13.2. The molecule has 0 amide bonds. The van der Waals surface area contributed by atoms with Crippen molar-refractivity contribution in [1.29, 1.82) is 0 Å². The van der Waals surface area contributed by atoms with Crippen molar-refractivity contribution < 1.29 is 4.39 Å². The van der Waals surface area contributed by atoms with Gasteiger partial charge >= 0.3 is 0 Å². The van der Waals surface area contributed by atoms with E-state index >= 15 is 0 Å². The largest absolute Gasteiger partial charge is 0.320 e. The van der Waals surface area contributed by atoms with Crippen LogP contribution in [0.2, 0.25) is 0 Å². The lowest BCUT2D eigenvalue weighted by Gasteiger charge is -2.04. The van der Waals surface area contributed by atoms with Crippen LogP contribution in [-0.4, -0.2) is 14.5 Å². The molecule has 18 heavy (non-hydrogen) atoms. The fourth-order valence-corrected chi connectivity index (χ4v) is 2.71. The van der Waals surface area contributed by atoms with E-state index in [2.05, 4.69) is 9.97 Å². The first kappa shape index (κ1) is 11.6. The molecule has 0 spiro atoms. The van der Waals surface area contributed by atoms with Crippen LogP contribution in [0.5, 0.6) is 0 Å². The first-order valence-electron chi connectivity index (χ1n) is 5.37. The summed E-state index contributed by atoms with van der Waals surface area (Å²) in [6.45, 7) is 0.613. The van der Waals surface area contributed by atoms with Gasteiger partial charge in [-0.05, 0) is 12.1 Å². The SMILES string of the molecule is Fc1ccc2c(c1)nc(CCl)n2Cc1nccs1. The molecule has 0 unspecified atom stereocenters. The lowest BCUT2D eigenvalue weighted by atomic mass is 10.3. The predicted molar refractivity (Wildman–Crippen MR) is 70.5 cm³/mol. The van der Waals surface area contributed by atoms with Gasteiger partial charge in [0.15, 0.2) is 0 Å². The van der Waals surface area contributed by atoms with Gasteiger partial charge in [0, 0.05) is 17.6 Å². The van der Waals surface area contributed by atoms with Gasteiger partial charge in [-0.3, -0.25) is 0 Å². The number of thiazole rings is 1. The van der Waals surface area contributed by atoms with Crippen molar-refractivity contribution in [2.24, 2.45) is 0 Å². The van der Waals surface area contributed by atoms with Crippen LogP contribution in [0.3, 0.4) is 0 Å². The van der Waals surface area contributed by atoms with Crippen molar-refractivity contribution in [2.45, 2.75) is 12.4 Å². The molecular formula is C12H9ClFN3S. The van der Waals surface area contributed by atoms with Crippen molar-refractivity contribution >= 4 is 34.0 Å². The molecule has 0 radical (unpaired) electrons. The van der Waals surface area contributed by atoms with Crippen LogP contribution in [0, 0.1) is 5.82 Å². The van der Waals surface area contributed by atoms with Gasteiger partial charge in [-0.15, -0.1) is 22.9 Å². The van der Waals surface area contributed by atoms with Gasteiger partial charge < -0.3 is 4.57 Å². The third-order valence-electron chi connectivity index (χ3n) is 2.69. The van der Waals surface area contributed by atoms with Crippen molar-refractivity contribution in [1.82, 2.24) is 14.5 Å². The molecule has 0 atom stereocenters. The number of hydrogen-bond donors (Lipinski definition) is 0. The van der Waals surface area contributed by atoms with E-state index in [-0.39, 0.29) is 5.82 Å². The van der Waals surface area contributed by atoms with Gasteiger partial charge in [0.1, 0.15) is 16.6 Å². The average Bonchev–Trinajstić information content (AvgIpc) is 2.97. The molecular weight excluding hydrogens is 273 g/mol. The summed E-state index contributed by atoms with van der Waals surface area (Å²) in [5, 5.41) is 2.90. The van der Waals surface area contributed by atoms with Gasteiger partial charge in [-0.1, -0.05) is 0 Å². The Bertz CT molecular complexity index is 678. The second-order valence-corrected chi connectivity index (χ2v) is 5.05. The number of benzene rings is 1. The normalized spacial score (nSPS) is 11.2. The number of hydrogen-bond acceptors (Lipinski definition) is 3. The Labute approximate surface area is 112 Å². The van der Waals surface area contributed by atoms with Crippen LogP contribution in [-0.2, 0) is 12.4 Å².